The zero-order chi connectivity index (χ0) is 17.9. The number of halogens is 3. The highest BCUT2D eigenvalue weighted by Gasteiger charge is 2.31. The summed E-state index contributed by atoms with van der Waals surface area (Å²) in [5.74, 6) is 1.49. The molecule has 7 heteroatoms. The molecule has 136 valence electrons. The molecule has 0 aliphatic carbocycles. The van der Waals surface area contributed by atoms with Crippen molar-refractivity contribution in [2.75, 3.05) is 26.2 Å². The van der Waals surface area contributed by atoms with Gasteiger partial charge in [-0.05, 0) is 29.8 Å². The van der Waals surface area contributed by atoms with Crippen molar-refractivity contribution in [1.29, 1.82) is 0 Å². The third kappa shape index (κ3) is 4.55. The van der Waals surface area contributed by atoms with Crippen molar-refractivity contribution in [3.8, 4) is 5.75 Å². The molecule has 1 fully saturated rings. The van der Waals surface area contributed by atoms with E-state index in [2.05, 4.69) is 15.0 Å². The highest BCUT2D eigenvalue weighted by Crippen LogP contribution is 2.32. The second kappa shape index (κ2) is 7.49. The lowest BCUT2D eigenvalue weighted by atomic mass is 10.0. The zero-order valence-corrected chi connectivity index (χ0v) is 14.0. The minimum atomic E-state index is -4.68. The Balaban J connectivity index is 1.88. The molecule has 0 spiro atoms. The molecule has 1 aliphatic heterocycles. The van der Waals surface area contributed by atoms with Gasteiger partial charge in [0.15, 0.2) is 0 Å². The quantitative estimate of drug-likeness (QED) is 0.888. The molecule has 2 heterocycles. The first-order chi connectivity index (χ1) is 12.0. The first-order valence-corrected chi connectivity index (χ1v) is 8.35. The summed E-state index contributed by atoms with van der Waals surface area (Å²) in [5, 5.41) is 3.31. The lowest BCUT2D eigenvalue weighted by molar-refractivity contribution is -0.274. The van der Waals surface area contributed by atoms with Crippen molar-refractivity contribution in [2.45, 2.75) is 25.7 Å². The van der Waals surface area contributed by atoms with E-state index in [0.717, 1.165) is 49.7 Å². The van der Waals surface area contributed by atoms with E-state index in [1.165, 1.54) is 12.1 Å². The summed E-state index contributed by atoms with van der Waals surface area (Å²) >= 11 is 0. The molecular weight excluding hydrogens is 333 g/mol. The molecule has 1 saturated heterocycles. The van der Waals surface area contributed by atoms with E-state index in [1.807, 2.05) is 19.1 Å². The normalized spacial score (nSPS) is 17.4. The SMILES string of the molecule is CCc1ccc([C@@H](c2ccc(OC(F)(F)F)cc2)N2CCNCC2)o1. The second-order valence-electron chi connectivity index (χ2n) is 5.96. The molecule has 0 radical (unpaired) electrons. The van der Waals surface area contributed by atoms with Crippen LogP contribution < -0.4 is 10.1 Å². The van der Waals surface area contributed by atoms with E-state index in [-0.39, 0.29) is 11.8 Å². The Kier molecular flexibility index (Phi) is 5.34. The summed E-state index contributed by atoms with van der Waals surface area (Å²) < 4.78 is 46.9. The monoisotopic (exact) mass is 354 g/mol. The van der Waals surface area contributed by atoms with Gasteiger partial charge in [-0.25, -0.2) is 0 Å². The van der Waals surface area contributed by atoms with Crippen molar-refractivity contribution in [1.82, 2.24) is 10.2 Å². The van der Waals surface area contributed by atoms with Gasteiger partial charge in [0.1, 0.15) is 17.3 Å². The lowest BCUT2D eigenvalue weighted by Crippen LogP contribution is -2.45. The number of hydrogen-bond acceptors (Lipinski definition) is 4. The first kappa shape index (κ1) is 17.8. The summed E-state index contributed by atoms with van der Waals surface area (Å²) in [6.07, 6.45) is -3.89. The van der Waals surface area contributed by atoms with Crippen molar-refractivity contribution < 1.29 is 22.3 Å². The van der Waals surface area contributed by atoms with Crippen LogP contribution in [-0.2, 0) is 6.42 Å². The molecule has 1 N–H and O–H groups in total. The van der Waals surface area contributed by atoms with Crippen LogP contribution in [0.3, 0.4) is 0 Å². The molecule has 0 bridgehead atoms. The van der Waals surface area contributed by atoms with E-state index in [4.69, 9.17) is 4.42 Å². The average molecular weight is 354 g/mol. The highest BCUT2D eigenvalue weighted by molar-refractivity contribution is 5.33. The van der Waals surface area contributed by atoms with Gasteiger partial charge in [0.25, 0.3) is 0 Å². The van der Waals surface area contributed by atoms with Gasteiger partial charge in [-0.2, -0.15) is 0 Å². The molecule has 0 unspecified atom stereocenters. The highest BCUT2D eigenvalue weighted by atomic mass is 19.4. The van der Waals surface area contributed by atoms with Crippen LogP contribution in [0.2, 0.25) is 0 Å². The molecule has 3 rings (SSSR count). The third-order valence-corrected chi connectivity index (χ3v) is 4.25. The summed E-state index contributed by atoms with van der Waals surface area (Å²) in [7, 11) is 0. The van der Waals surface area contributed by atoms with E-state index in [1.54, 1.807) is 12.1 Å². The van der Waals surface area contributed by atoms with Crippen molar-refractivity contribution >= 4 is 0 Å². The predicted molar refractivity (Wildman–Crippen MR) is 87.5 cm³/mol. The summed E-state index contributed by atoms with van der Waals surface area (Å²) in [4.78, 5) is 2.27. The van der Waals surface area contributed by atoms with Crippen LogP contribution in [0, 0.1) is 0 Å². The van der Waals surface area contributed by atoms with E-state index >= 15 is 0 Å². The van der Waals surface area contributed by atoms with Gasteiger partial charge in [-0.3, -0.25) is 4.90 Å². The van der Waals surface area contributed by atoms with Gasteiger partial charge in [-0.1, -0.05) is 19.1 Å². The van der Waals surface area contributed by atoms with Gasteiger partial charge in [0.05, 0.1) is 6.04 Å². The van der Waals surface area contributed by atoms with Gasteiger partial charge in [0, 0.05) is 32.6 Å². The van der Waals surface area contributed by atoms with Crippen molar-refractivity contribution in [3.05, 3.63) is 53.5 Å². The van der Waals surface area contributed by atoms with Crippen LogP contribution in [0.1, 0.15) is 30.0 Å². The Morgan fingerprint density at radius 2 is 1.80 bits per heavy atom. The number of aryl methyl sites for hydroxylation is 1. The van der Waals surface area contributed by atoms with Crippen molar-refractivity contribution in [2.24, 2.45) is 0 Å². The molecule has 4 nitrogen and oxygen atoms in total. The van der Waals surface area contributed by atoms with Crippen LogP contribution in [0.25, 0.3) is 0 Å². The Morgan fingerprint density at radius 3 is 2.36 bits per heavy atom. The van der Waals surface area contributed by atoms with Crippen LogP contribution in [0.4, 0.5) is 13.2 Å². The smallest absolute Gasteiger partial charge is 0.464 e. The number of alkyl halides is 3. The Labute approximate surface area is 144 Å². The number of piperazine rings is 1. The van der Waals surface area contributed by atoms with Crippen LogP contribution in [0.15, 0.2) is 40.8 Å². The number of furan rings is 1. The molecule has 2 aromatic rings. The maximum Gasteiger partial charge on any atom is 0.573 e. The second-order valence-corrected chi connectivity index (χ2v) is 5.96. The fourth-order valence-electron chi connectivity index (χ4n) is 3.08. The average Bonchev–Trinajstić information content (AvgIpc) is 3.05. The van der Waals surface area contributed by atoms with E-state index in [9.17, 15) is 13.2 Å². The Bertz CT molecular complexity index is 676. The Hall–Kier alpha value is -1.99. The fraction of sp³-hybridized carbons (Fsp3) is 0.444. The third-order valence-electron chi connectivity index (χ3n) is 4.25. The molecular formula is C18H21F3N2O2. The van der Waals surface area contributed by atoms with Crippen LogP contribution >= 0.6 is 0 Å². The number of nitrogens with zero attached hydrogens (tertiary/aromatic N) is 1. The Morgan fingerprint density at radius 1 is 1.12 bits per heavy atom. The number of rotatable bonds is 5. The van der Waals surface area contributed by atoms with Gasteiger partial charge < -0.3 is 14.5 Å². The minimum Gasteiger partial charge on any atom is -0.464 e. The lowest BCUT2D eigenvalue weighted by Gasteiger charge is -2.34. The van der Waals surface area contributed by atoms with Gasteiger partial charge >= 0.3 is 6.36 Å². The molecule has 0 amide bonds. The zero-order valence-electron chi connectivity index (χ0n) is 14.0. The molecule has 1 atom stereocenters. The number of ether oxygens (including phenoxy) is 1. The van der Waals surface area contributed by atoms with Gasteiger partial charge in [-0.15, -0.1) is 13.2 Å². The predicted octanol–water partition coefficient (Wildman–Crippen LogP) is 3.74. The molecule has 1 aliphatic rings. The topological polar surface area (TPSA) is 37.6 Å². The maximum absolute atomic E-state index is 12.3. The number of benzene rings is 1. The van der Waals surface area contributed by atoms with Crippen LogP contribution in [-0.4, -0.2) is 37.4 Å². The number of hydrogen-bond donors (Lipinski definition) is 1. The maximum atomic E-state index is 12.3. The van der Waals surface area contributed by atoms with Crippen molar-refractivity contribution in [3.63, 3.8) is 0 Å². The first-order valence-electron chi connectivity index (χ1n) is 8.35. The fourth-order valence-corrected chi connectivity index (χ4v) is 3.08. The van der Waals surface area contributed by atoms with Gasteiger partial charge in [0.2, 0.25) is 0 Å². The minimum absolute atomic E-state index is 0.123. The standard InChI is InChI=1S/C18H21F3N2O2/c1-2-14-7-8-16(24-14)17(23-11-9-22-10-12-23)13-3-5-15(6-4-13)25-18(19,20)21/h3-8,17,22H,2,9-12H2,1H3/t17-/m1/s1. The van der Waals surface area contributed by atoms with E-state index < -0.39 is 6.36 Å². The van der Waals surface area contributed by atoms with E-state index in [0.29, 0.717) is 0 Å². The summed E-state index contributed by atoms with van der Waals surface area (Å²) in [6.45, 7) is 5.44. The number of nitrogens with one attached hydrogen (secondary N) is 1. The molecule has 1 aromatic carbocycles. The molecule has 25 heavy (non-hydrogen) atoms. The molecule has 0 saturated carbocycles. The summed E-state index contributed by atoms with van der Waals surface area (Å²) in [6, 6.07) is 9.81. The molecule has 1 aromatic heterocycles. The summed E-state index contributed by atoms with van der Waals surface area (Å²) in [5.41, 5.74) is 0.883. The largest absolute Gasteiger partial charge is 0.573 e. The van der Waals surface area contributed by atoms with Crippen LogP contribution in [0.5, 0.6) is 5.75 Å².